The van der Waals surface area contributed by atoms with Crippen LogP contribution in [0.5, 0.6) is 11.5 Å². The summed E-state index contributed by atoms with van der Waals surface area (Å²) in [4.78, 5) is 24.2. The van der Waals surface area contributed by atoms with Crippen molar-refractivity contribution in [3.63, 3.8) is 0 Å². The lowest BCUT2D eigenvalue weighted by atomic mass is 9.86. The average molecular weight is 335 g/mol. The fourth-order valence-electron chi connectivity index (χ4n) is 2.96. The van der Waals surface area contributed by atoms with Crippen LogP contribution in [0.15, 0.2) is 18.2 Å². The van der Waals surface area contributed by atoms with E-state index in [9.17, 15) is 9.59 Å². The molecule has 0 saturated heterocycles. The first-order valence-corrected chi connectivity index (χ1v) is 8.23. The molecule has 0 aliphatic heterocycles. The third-order valence-electron chi connectivity index (χ3n) is 4.42. The Labute approximate surface area is 142 Å². The second kappa shape index (κ2) is 8.57. The Morgan fingerprint density at radius 1 is 1.17 bits per heavy atom. The van der Waals surface area contributed by atoms with Crippen molar-refractivity contribution < 1.29 is 23.8 Å². The molecule has 1 aliphatic carbocycles. The number of ether oxygens (including phenoxy) is 3. The van der Waals surface area contributed by atoms with Crippen LogP contribution in [-0.4, -0.2) is 38.7 Å². The van der Waals surface area contributed by atoms with E-state index in [4.69, 9.17) is 14.2 Å². The maximum Gasteiger partial charge on any atom is 0.342 e. The van der Waals surface area contributed by atoms with Crippen LogP contribution >= 0.6 is 0 Å². The highest BCUT2D eigenvalue weighted by molar-refractivity contribution is 5.94. The Hall–Kier alpha value is -2.24. The van der Waals surface area contributed by atoms with Gasteiger partial charge in [0.25, 0.3) is 5.91 Å². The van der Waals surface area contributed by atoms with Gasteiger partial charge in [0.15, 0.2) is 6.61 Å². The fraction of sp³-hybridized carbons (Fsp3) is 0.556. The predicted molar refractivity (Wildman–Crippen MR) is 89.4 cm³/mol. The summed E-state index contributed by atoms with van der Waals surface area (Å²) in [6.07, 6.45) is 4.42. The van der Waals surface area contributed by atoms with Gasteiger partial charge in [-0.1, -0.05) is 19.8 Å². The number of benzene rings is 1. The number of carbonyl (C=O) groups is 2. The normalized spacial score (nSPS) is 20.1. The average Bonchev–Trinajstić information content (AvgIpc) is 2.61. The van der Waals surface area contributed by atoms with Crippen molar-refractivity contribution in [3.05, 3.63) is 23.8 Å². The highest BCUT2D eigenvalue weighted by Gasteiger charge is 2.23. The zero-order valence-electron chi connectivity index (χ0n) is 14.5. The molecule has 1 saturated carbocycles. The zero-order valence-corrected chi connectivity index (χ0v) is 14.5. The van der Waals surface area contributed by atoms with E-state index in [-0.39, 0.29) is 24.1 Å². The van der Waals surface area contributed by atoms with Gasteiger partial charge in [-0.15, -0.1) is 0 Å². The topological polar surface area (TPSA) is 73.9 Å². The van der Waals surface area contributed by atoms with Crippen molar-refractivity contribution in [3.8, 4) is 11.5 Å². The summed E-state index contributed by atoms with van der Waals surface area (Å²) in [5.41, 5.74) is 0.232. The van der Waals surface area contributed by atoms with Gasteiger partial charge in [0, 0.05) is 6.04 Å². The van der Waals surface area contributed by atoms with Gasteiger partial charge < -0.3 is 19.5 Å². The van der Waals surface area contributed by atoms with Gasteiger partial charge in [0.1, 0.15) is 17.1 Å². The van der Waals surface area contributed by atoms with Crippen molar-refractivity contribution in [2.24, 2.45) is 5.92 Å². The minimum atomic E-state index is -0.613. The molecule has 0 radical (unpaired) electrons. The van der Waals surface area contributed by atoms with E-state index < -0.39 is 5.97 Å². The van der Waals surface area contributed by atoms with Crippen molar-refractivity contribution in [1.29, 1.82) is 0 Å². The van der Waals surface area contributed by atoms with Crippen LogP contribution in [-0.2, 0) is 9.53 Å². The Kier molecular flexibility index (Phi) is 6.46. The molecule has 0 heterocycles. The molecule has 1 fully saturated rings. The molecule has 0 aromatic heterocycles. The predicted octanol–water partition coefficient (Wildman–Crippen LogP) is 2.56. The first kappa shape index (κ1) is 18.1. The second-order valence-electron chi connectivity index (χ2n) is 6.08. The zero-order chi connectivity index (χ0) is 17.5. The van der Waals surface area contributed by atoms with Crippen LogP contribution in [0.4, 0.5) is 0 Å². The van der Waals surface area contributed by atoms with Crippen molar-refractivity contribution in [2.75, 3.05) is 20.8 Å². The Morgan fingerprint density at radius 2 is 1.92 bits per heavy atom. The van der Waals surface area contributed by atoms with Gasteiger partial charge in [-0.25, -0.2) is 4.79 Å². The summed E-state index contributed by atoms with van der Waals surface area (Å²) < 4.78 is 15.4. The molecule has 0 bridgehead atoms. The standard InChI is InChI=1S/C18H25NO5/c1-12-6-4-5-7-15(12)19-17(20)11-24-18(21)14-10-13(22-2)8-9-16(14)23-3/h8-10,12,15H,4-7,11H2,1-3H3,(H,19,20). The lowest BCUT2D eigenvalue weighted by Gasteiger charge is -2.29. The third-order valence-corrected chi connectivity index (χ3v) is 4.42. The monoisotopic (exact) mass is 335 g/mol. The molecule has 1 N–H and O–H groups in total. The van der Waals surface area contributed by atoms with Crippen LogP contribution in [0.2, 0.25) is 0 Å². The van der Waals surface area contributed by atoms with E-state index in [1.54, 1.807) is 12.1 Å². The number of amides is 1. The van der Waals surface area contributed by atoms with Gasteiger partial charge in [-0.3, -0.25) is 4.79 Å². The number of hydrogen-bond donors (Lipinski definition) is 1. The molecule has 6 heteroatoms. The number of nitrogens with one attached hydrogen (secondary N) is 1. The van der Waals surface area contributed by atoms with Crippen LogP contribution in [0.3, 0.4) is 0 Å². The fourth-order valence-corrected chi connectivity index (χ4v) is 2.96. The minimum Gasteiger partial charge on any atom is -0.497 e. The first-order valence-electron chi connectivity index (χ1n) is 8.23. The van der Waals surface area contributed by atoms with E-state index in [0.29, 0.717) is 17.4 Å². The van der Waals surface area contributed by atoms with Crippen molar-refractivity contribution in [2.45, 2.75) is 38.6 Å². The first-order chi connectivity index (χ1) is 11.5. The summed E-state index contributed by atoms with van der Waals surface area (Å²) in [6, 6.07) is 5.00. The largest absolute Gasteiger partial charge is 0.497 e. The maximum atomic E-state index is 12.2. The molecule has 24 heavy (non-hydrogen) atoms. The molecule has 0 spiro atoms. The molecular formula is C18H25NO5. The Bertz CT molecular complexity index is 587. The Morgan fingerprint density at radius 3 is 2.58 bits per heavy atom. The molecule has 1 aliphatic rings. The van der Waals surface area contributed by atoms with Crippen LogP contribution in [0.25, 0.3) is 0 Å². The summed E-state index contributed by atoms with van der Waals surface area (Å²) in [5, 5.41) is 2.95. The van der Waals surface area contributed by atoms with E-state index in [2.05, 4.69) is 12.2 Å². The van der Waals surface area contributed by atoms with E-state index in [1.165, 1.54) is 26.7 Å². The summed E-state index contributed by atoms with van der Waals surface area (Å²) in [7, 11) is 2.98. The SMILES string of the molecule is COc1ccc(OC)c(C(=O)OCC(=O)NC2CCCCC2C)c1. The van der Waals surface area contributed by atoms with E-state index in [1.807, 2.05) is 0 Å². The molecule has 1 aromatic rings. The van der Waals surface area contributed by atoms with E-state index >= 15 is 0 Å². The molecule has 2 atom stereocenters. The van der Waals surface area contributed by atoms with Crippen LogP contribution < -0.4 is 14.8 Å². The molecule has 1 aromatic carbocycles. The smallest absolute Gasteiger partial charge is 0.342 e. The number of rotatable bonds is 6. The second-order valence-corrected chi connectivity index (χ2v) is 6.08. The van der Waals surface area contributed by atoms with Crippen LogP contribution in [0, 0.1) is 5.92 Å². The number of esters is 1. The maximum absolute atomic E-state index is 12.2. The highest BCUT2D eigenvalue weighted by atomic mass is 16.5. The van der Waals surface area contributed by atoms with Crippen molar-refractivity contribution >= 4 is 11.9 Å². The highest BCUT2D eigenvalue weighted by Crippen LogP contribution is 2.25. The minimum absolute atomic E-state index is 0.163. The molecule has 1 amide bonds. The molecule has 6 nitrogen and oxygen atoms in total. The van der Waals surface area contributed by atoms with Gasteiger partial charge in [0.05, 0.1) is 14.2 Å². The summed E-state index contributed by atoms with van der Waals surface area (Å²) in [5.74, 6) is 0.462. The van der Waals surface area contributed by atoms with Crippen molar-refractivity contribution in [1.82, 2.24) is 5.32 Å². The summed E-state index contributed by atoms with van der Waals surface area (Å²) in [6.45, 7) is 1.83. The molecule has 132 valence electrons. The quantitative estimate of drug-likeness (QED) is 0.809. The van der Waals surface area contributed by atoms with Gasteiger partial charge >= 0.3 is 5.97 Å². The van der Waals surface area contributed by atoms with Gasteiger partial charge in [0.2, 0.25) is 0 Å². The Balaban J connectivity index is 1.91. The van der Waals surface area contributed by atoms with E-state index in [0.717, 1.165) is 19.3 Å². The number of hydrogen-bond acceptors (Lipinski definition) is 5. The van der Waals surface area contributed by atoms with Gasteiger partial charge in [-0.05, 0) is 37.0 Å². The molecular weight excluding hydrogens is 310 g/mol. The number of carbonyl (C=O) groups excluding carboxylic acids is 2. The lowest BCUT2D eigenvalue weighted by molar-refractivity contribution is -0.125. The van der Waals surface area contributed by atoms with Gasteiger partial charge in [-0.2, -0.15) is 0 Å². The number of methoxy groups -OCH3 is 2. The molecule has 2 rings (SSSR count). The van der Waals surface area contributed by atoms with Crippen LogP contribution in [0.1, 0.15) is 43.0 Å². The molecule has 2 unspecified atom stereocenters. The third kappa shape index (κ3) is 4.63. The lowest BCUT2D eigenvalue weighted by Crippen LogP contribution is -2.42. The summed E-state index contributed by atoms with van der Waals surface area (Å²) >= 11 is 0.